The zero-order valence-corrected chi connectivity index (χ0v) is 16.3. The average Bonchev–Trinajstić information content (AvgIpc) is 3.36. The fourth-order valence-corrected chi connectivity index (χ4v) is 3.80. The van der Waals surface area contributed by atoms with E-state index in [1.165, 1.54) is 42.5 Å². The molecule has 0 amide bonds. The molecule has 0 aliphatic carbocycles. The number of imidazole rings is 1. The molecule has 4 aromatic rings. The van der Waals surface area contributed by atoms with E-state index in [-0.39, 0.29) is 22.0 Å². The molecule has 8 nitrogen and oxygen atoms in total. The lowest BCUT2D eigenvalue weighted by molar-refractivity contribution is 0.0129. The van der Waals surface area contributed by atoms with Crippen molar-refractivity contribution in [3.63, 3.8) is 0 Å². The van der Waals surface area contributed by atoms with Crippen molar-refractivity contribution in [2.45, 2.75) is 24.7 Å². The molecule has 0 aliphatic heterocycles. The number of fused-ring (bicyclic) bond motifs is 1. The number of rotatable bonds is 5. The SMILES string of the molecule is CCS(=O)(=O)c1ccc(-n2ccnc2)nc1-n1cc2cnc(C(C)(F)F)cc2n1. The van der Waals surface area contributed by atoms with Crippen LogP contribution in [0.15, 0.2) is 54.2 Å². The van der Waals surface area contributed by atoms with Gasteiger partial charge < -0.3 is 0 Å². The molecule has 0 unspecified atom stereocenters. The van der Waals surface area contributed by atoms with Gasteiger partial charge in [-0.3, -0.25) is 9.55 Å². The summed E-state index contributed by atoms with van der Waals surface area (Å²) in [5, 5.41) is 4.76. The van der Waals surface area contributed by atoms with Crippen LogP contribution in [0.1, 0.15) is 19.5 Å². The zero-order valence-electron chi connectivity index (χ0n) is 15.5. The highest BCUT2D eigenvalue weighted by atomic mass is 32.2. The second-order valence-electron chi connectivity index (χ2n) is 6.45. The van der Waals surface area contributed by atoms with Gasteiger partial charge in [0, 0.05) is 37.1 Å². The van der Waals surface area contributed by atoms with Crippen LogP contribution in [0.3, 0.4) is 0 Å². The third-order valence-electron chi connectivity index (χ3n) is 4.36. The van der Waals surface area contributed by atoms with E-state index in [0.717, 1.165) is 6.92 Å². The molecular weight excluding hydrogens is 402 g/mol. The molecule has 0 saturated heterocycles. The Hall–Kier alpha value is -3.21. The minimum Gasteiger partial charge on any atom is -0.290 e. The van der Waals surface area contributed by atoms with E-state index < -0.39 is 21.5 Å². The van der Waals surface area contributed by atoms with Crippen LogP contribution < -0.4 is 0 Å². The lowest BCUT2D eigenvalue weighted by atomic mass is 10.2. The molecule has 0 saturated carbocycles. The number of nitrogens with zero attached hydrogens (tertiary/aromatic N) is 6. The Balaban J connectivity index is 1.93. The van der Waals surface area contributed by atoms with Crippen LogP contribution >= 0.6 is 0 Å². The van der Waals surface area contributed by atoms with Gasteiger partial charge in [0.05, 0.1) is 11.3 Å². The van der Waals surface area contributed by atoms with Crippen LogP contribution in [0.25, 0.3) is 22.5 Å². The molecule has 0 spiro atoms. The molecule has 0 N–H and O–H groups in total. The lowest BCUT2D eigenvalue weighted by Gasteiger charge is -2.11. The van der Waals surface area contributed by atoms with Crippen molar-refractivity contribution in [2.24, 2.45) is 0 Å². The summed E-state index contributed by atoms with van der Waals surface area (Å²) >= 11 is 0. The summed E-state index contributed by atoms with van der Waals surface area (Å²) in [6.45, 7) is 2.28. The highest BCUT2D eigenvalue weighted by Crippen LogP contribution is 2.28. The van der Waals surface area contributed by atoms with Gasteiger partial charge in [0.25, 0.3) is 5.92 Å². The number of hydrogen-bond acceptors (Lipinski definition) is 6. The lowest BCUT2D eigenvalue weighted by Crippen LogP contribution is -2.12. The molecule has 4 rings (SSSR count). The predicted molar refractivity (Wildman–Crippen MR) is 101 cm³/mol. The Morgan fingerprint density at radius 3 is 2.69 bits per heavy atom. The Morgan fingerprint density at radius 1 is 1.24 bits per heavy atom. The van der Waals surface area contributed by atoms with E-state index in [1.54, 1.807) is 23.0 Å². The van der Waals surface area contributed by atoms with Crippen molar-refractivity contribution in [1.82, 2.24) is 29.3 Å². The first-order chi connectivity index (χ1) is 13.7. The largest absolute Gasteiger partial charge is 0.290 e. The first-order valence-electron chi connectivity index (χ1n) is 8.65. The van der Waals surface area contributed by atoms with Crippen LogP contribution in [0.4, 0.5) is 8.78 Å². The van der Waals surface area contributed by atoms with Crippen molar-refractivity contribution < 1.29 is 17.2 Å². The normalized spacial score (nSPS) is 12.6. The molecule has 150 valence electrons. The summed E-state index contributed by atoms with van der Waals surface area (Å²) in [4.78, 5) is 12.2. The Morgan fingerprint density at radius 2 is 2.03 bits per heavy atom. The summed E-state index contributed by atoms with van der Waals surface area (Å²) in [5.74, 6) is -2.74. The van der Waals surface area contributed by atoms with Crippen molar-refractivity contribution in [2.75, 3.05) is 5.75 Å². The highest BCUT2D eigenvalue weighted by molar-refractivity contribution is 7.91. The minimum absolute atomic E-state index is 0.00863. The van der Waals surface area contributed by atoms with E-state index in [4.69, 9.17) is 0 Å². The number of halogens is 2. The van der Waals surface area contributed by atoms with Crippen LogP contribution in [0.5, 0.6) is 0 Å². The molecule has 0 aromatic carbocycles. The summed E-state index contributed by atoms with van der Waals surface area (Å²) in [5.41, 5.74) is -0.164. The Labute approximate surface area is 164 Å². The third kappa shape index (κ3) is 3.48. The van der Waals surface area contributed by atoms with Crippen molar-refractivity contribution in [3.05, 3.63) is 55.0 Å². The predicted octanol–water partition coefficient (Wildman–Crippen LogP) is 2.91. The molecular formula is C18H16F2N6O2S. The molecule has 29 heavy (non-hydrogen) atoms. The van der Waals surface area contributed by atoms with Gasteiger partial charge in [0.15, 0.2) is 15.7 Å². The number of aromatic nitrogens is 6. The maximum absolute atomic E-state index is 13.6. The number of sulfone groups is 1. The van der Waals surface area contributed by atoms with Gasteiger partial charge in [0.1, 0.15) is 22.7 Å². The van der Waals surface area contributed by atoms with Crippen LogP contribution in [-0.2, 0) is 15.8 Å². The smallest absolute Gasteiger partial charge is 0.287 e. The summed E-state index contributed by atoms with van der Waals surface area (Å²) in [6.07, 6.45) is 7.55. The molecule has 0 radical (unpaired) electrons. The molecule has 0 atom stereocenters. The van der Waals surface area contributed by atoms with E-state index >= 15 is 0 Å². The average molecular weight is 418 g/mol. The van der Waals surface area contributed by atoms with Gasteiger partial charge in [-0.1, -0.05) is 6.92 Å². The van der Waals surface area contributed by atoms with Gasteiger partial charge in [-0.05, 0) is 18.2 Å². The van der Waals surface area contributed by atoms with Gasteiger partial charge >= 0.3 is 0 Å². The summed E-state index contributed by atoms with van der Waals surface area (Å²) in [7, 11) is -3.62. The van der Waals surface area contributed by atoms with Crippen molar-refractivity contribution in [3.8, 4) is 11.6 Å². The topological polar surface area (TPSA) is 95.6 Å². The molecule has 0 fully saturated rings. The number of alkyl halides is 2. The van der Waals surface area contributed by atoms with Crippen molar-refractivity contribution >= 4 is 20.7 Å². The van der Waals surface area contributed by atoms with Crippen LogP contribution in [-0.4, -0.2) is 43.5 Å². The molecule has 0 bridgehead atoms. The maximum Gasteiger partial charge on any atom is 0.287 e. The molecule has 11 heteroatoms. The summed E-state index contributed by atoms with van der Waals surface area (Å²) in [6, 6.07) is 4.19. The van der Waals surface area contributed by atoms with Gasteiger partial charge in [0.2, 0.25) is 0 Å². The van der Waals surface area contributed by atoms with E-state index in [2.05, 4.69) is 20.1 Å². The Bertz CT molecular complexity index is 1290. The zero-order chi connectivity index (χ0) is 20.8. The second kappa shape index (κ2) is 6.69. The van der Waals surface area contributed by atoms with E-state index in [9.17, 15) is 17.2 Å². The second-order valence-corrected chi connectivity index (χ2v) is 8.70. The third-order valence-corrected chi connectivity index (χ3v) is 6.11. The summed E-state index contributed by atoms with van der Waals surface area (Å²) < 4.78 is 55.2. The monoisotopic (exact) mass is 418 g/mol. The fourth-order valence-electron chi connectivity index (χ4n) is 2.79. The van der Waals surface area contributed by atoms with Crippen molar-refractivity contribution in [1.29, 1.82) is 0 Å². The number of pyridine rings is 2. The number of hydrogen-bond donors (Lipinski definition) is 0. The quantitative estimate of drug-likeness (QED) is 0.495. The minimum atomic E-state index is -3.62. The molecule has 4 aromatic heterocycles. The van der Waals surface area contributed by atoms with Crippen LogP contribution in [0, 0.1) is 0 Å². The standard InChI is InChI=1S/C18H16F2N6O2S/c1-3-29(27,28)14-4-5-16(25-7-6-21-11-25)23-17(14)26-10-12-9-22-15(18(2,19)20)8-13(12)24-26/h4-11H,3H2,1-2H3. The van der Waals surface area contributed by atoms with Gasteiger partial charge in [-0.25, -0.2) is 23.1 Å². The van der Waals surface area contributed by atoms with E-state index in [0.29, 0.717) is 11.2 Å². The maximum atomic E-state index is 13.6. The van der Waals surface area contributed by atoms with E-state index in [1.807, 2.05) is 0 Å². The molecule has 0 aliphatic rings. The molecule has 4 heterocycles. The van der Waals surface area contributed by atoms with Gasteiger partial charge in [-0.15, -0.1) is 0 Å². The first-order valence-corrected chi connectivity index (χ1v) is 10.3. The fraction of sp³-hybridized carbons (Fsp3) is 0.222. The highest BCUT2D eigenvalue weighted by Gasteiger charge is 2.27. The van der Waals surface area contributed by atoms with Gasteiger partial charge in [-0.2, -0.15) is 13.9 Å². The Kier molecular flexibility index (Phi) is 4.41. The van der Waals surface area contributed by atoms with Crippen LogP contribution in [0.2, 0.25) is 0 Å². The first kappa shape index (κ1) is 19.1.